The predicted molar refractivity (Wildman–Crippen MR) is 87.7 cm³/mol. The number of aromatic nitrogens is 2. The number of hydrogen-bond acceptors (Lipinski definition) is 4. The van der Waals surface area contributed by atoms with Crippen molar-refractivity contribution in [2.75, 3.05) is 12.8 Å². The number of benzene rings is 1. The van der Waals surface area contributed by atoms with E-state index in [2.05, 4.69) is 48.5 Å². The van der Waals surface area contributed by atoms with Gasteiger partial charge in [-0.2, -0.15) is 0 Å². The molecule has 0 aliphatic heterocycles. The molecule has 1 aromatic heterocycles. The smallest absolute Gasteiger partial charge is 0.161 e. The first-order valence-corrected chi connectivity index (χ1v) is 7.47. The highest BCUT2D eigenvalue weighted by Crippen LogP contribution is 2.26. The Labute approximate surface area is 134 Å². The lowest BCUT2D eigenvalue weighted by Gasteiger charge is -2.09. The Bertz CT molecular complexity index is 619. The Balaban J connectivity index is 2.52. The summed E-state index contributed by atoms with van der Waals surface area (Å²) in [5.41, 5.74) is 8.82. The minimum atomic E-state index is 0.424. The molecule has 2 aromatic rings. The third-order valence-electron chi connectivity index (χ3n) is 2.64. The molecule has 0 bridgehead atoms. The van der Waals surface area contributed by atoms with E-state index < -0.39 is 0 Å². The van der Waals surface area contributed by atoms with E-state index in [1.807, 2.05) is 25.1 Å². The quantitative estimate of drug-likeness (QED) is 0.752. The Kier molecular flexibility index (Phi) is 4.75. The van der Waals surface area contributed by atoms with Gasteiger partial charge in [0.05, 0.1) is 15.9 Å². The maximum atomic E-state index is 5.93. The van der Waals surface area contributed by atoms with Crippen LogP contribution in [0.3, 0.4) is 0 Å². The average molecular weight is 434 g/mol. The van der Waals surface area contributed by atoms with Crippen molar-refractivity contribution in [2.45, 2.75) is 13.5 Å². The van der Waals surface area contributed by atoms with E-state index in [0.29, 0.717) is 18.2 Å². The van der Waals surface area contributed by atoms with Crippen molar-refractivity contribution in [1.29, 1.82) is 0 Å². The first kappa shape index (κ1) is 14.7. The third kappa shape index (κ3) is 3.24. The molecular weight excluding hydrogens is 421 g/mol. The first-order valence-electron chi connectivity index (χ1n) is 5.60. The van der Waals surface area contributed by atoms with E-state index in [4.69, 9.17) is 10.5 Å². The minimum Gasteiger partial charge on any atom is -0.383 e. The molecule has 2 rings (SSSR count). The maximum Gasteiger partial charge on any atom is 0.161 e. The van der Waals surface area contributed by atoms with Gasteiger partial charge >= 0.3 is 0 Å². The molecule has 2 N–H and O–H groups in total. The number of hydrogen-bond donors (Lipinski definition) is 1. The van der Waals surface area contributed by atoms with Gasteiger partial charge < -0.3 is 10.5 Å². The molecule has 1 heterocycles. The number of methoxy groups -OCH3 is 1. The zero-order valence-corrected chi connectivity index (χ0v) is 14.3. The maximum absolute atomic E-state index is 5.93. The Morgan fingerprint density at radius 2 is 2.11 bits per heavy atom. The lowest BCUT2D eigenvalue weighted by atomic mass is 10.1. The fourth-order valence-corrected chi connectivity index (χ4v) is 2.30. The number of nitrogens with zero attached hydrogens (tertiary/aromatic N) is 2. The van der Waals surface area contributed by atoms with Crippen molar-refractivity contribution in [1.82, 2.24) is 9.97 Å². The summed E-state index contributed by atoms with van der Waals surface area (Å²) in [6.45, 7) is 2.45. The molecule has 4 nitrogen and oxygen atoms in total. The van der Waals surface area contributed by atoms with Gasteiger partial charge in [0, 0.05) is 17.1 Å². The Morgan fingerprint density at radius 3 is 2.74 bits per heavy atom. The van der Waals surface area contributed by atoms with E-state index in [-0.39, 0.29) is 0 Å². The number of anilines is 1. The van der Waals surface area contributed by atoms with Crippen LogP contribution in [0.1, 0.15) is 11.3 Å². The highest BCUT2D eigenvalue weighted by Gasteiger charge is 2.11. The van der Waals surface area contributed by atoms with Crippen LogP contribution in [0.25, 0.3) is 11.4 Å². The highest BCUT2D eigenvalue weighted by molar-refractivity contribution is 14.1. The summed E-state index contributed by atoms with van der Waals surface area (Å²) in [5, 5.41) is 0. The summed E-state index contributed by atoms with van der Waals surface area (Å²) in [6.07, 6.45) is 0. The zero-order valence-electron chi connectivity index (χ0n) is 10.6. The van der Waals surface area contributed by atoms with Crippen molar-refractivity contribution in [3.05, 3.63) is 37.5 Å². The summed E-state index contributed by atoms with van der Waals surface area (Å²) in [4.78, 5) is 8.87. The molecule has 0 saturated heterocycles. The molecule has 0 fully saturated rings. The highest BCUT2D eigenvalue weighted by atomic mass is 127. The molecule has 0 amide bonds. The van der Waals surface area contributed by atoms with Gasteiger partial charge in [-0.1, -0.05) is 22.0 Å². The van der Waals surface area contributed by atoms with Gasteiger partial charge in [0.2, 0.25) is 0 Å². The molecule has 19 heavy (non-hydrogen) atoms. The zero-order chi connectivity index (χ0) is 14.0. The molecule has 6 heteroatoms. The van der Waals surface area contributed by atoms with Crippen LogP contribution in [0.5, 0.6) is 0 Å². The van der Waals surface area contributed by atoms with Crippen LogP contribution in [-0.4, -0.2) is 17.1 Å². The summed E-state index contributed by atoms with van der Waals surface area (Å²) in [6, 6.07) is 5.98. The van der Waals surface area contributed by atoms with Crippen molar-refractivity contribution >= 4 is 44.3 Å². The molecule has 1 aromatic carbocycles. The van der Waals surface area contributed by atoms with Crippen LogP contribution in [-0.2, 0) is 11.3 Å². The second kappa shape index (κ2) is 6.15. The molecule has 0 aliphatic carbocycles. The lowest BCUT2D eigenvalue weighted by Crippen LogP contribution is -2.06. The standard InChI is InChI=1S/C13H13BrIN3O/c1-7-5-8(3-4-9(7)14)13-17-10(6-19-2)11(15)12(16)18-13/h3-5H,6H2,1-2H3,(H2,16,17,18). The number of ether oxygens (including phenoxy) is 1. The van der Waals surface area contributed by atoms with Crippen molar-refractivity contribution in [3.63, 3.8) is 0 Å². The molecule has 0 aliphatic rings. The predicted octanol–water partition coefficient (Wildman–Crippen LogP) is 3.55. The second-order valence-electron chi connectivity index (χ2n) is 4.09. The topological polar surface area (TPSA) is 61.0 Å². The van der Waals surface area contributed by atoms with Crippen molar-refractivity contribution in [2.24, 2.45) is 0 Å². The fraction of sp³-hybridized carbons (Fsp3) is 0.231. The van der Waals surface area contributed by atoms with E-state index in [1.54, 1.807) is 7.11 Å². The largest absolute Gasteiger partial charge is 0.383 e. The average Bonchev–Trinajstić information content (AvgIpc) is 2.38. The van der Waals surface area contributed by atoms with Gasteiger partial charge in [-0.05, 0) is 47.2 Å². The molecule has 0 spiro atoms. The van der Waals surface area contributed by atoms with Gasteiger partial charge in [-0.15, -0.1) is 0 Å². The van der Waals surface area contributed by atoms with Crippen LogP contribution in [0.4, 0.5) is 5.82 Å². The van der Waals surface area contributed by atoms with Crippen LogP contribution in [0.2, 0.25) is 0 Å². The van der Waals surface area contributed by atoms with E-state index in [9.17, 15) is 0 Å². The summed E-state index contributed by atoms with van der Waals surface area (Å²) in [5.74, 6) is 1.11. The van der Waals surface area contributed by atoms with Crippen LogP contribution >= 0.6 is 38.5 Å². The number of halogens is 2. The number of rotatable bonds is 3. The third-order valence-corrected chi connectivity index (χ3v) is 4.71. The molecular formula is C13H13BrIN3O. The van der Waals surface area contributed by atoms with Crippen LogP contribution < -0.4 is 5.73 Å². The van der Waals surface area contributed by atoms with Gasteiger partial charge in [-0.25, -0.2) is 9.97 Å². The number of nitrogens with two attached hydrogens (primary N) is 1. The molecule has 0 saturated carbocycles. The monoisotopic (exact) mass is 433 g/mol. The number of aryl methyl sites for hydroxylation is 1. The summed E-state index contributed by atoms with van der Waals surface area (Å²) in [7, 11) is 1.64. The van der Waals surface area contributed by atoms with Gasteiger partial charge in [0.25, 0.3) is 0 Å². The molecule has 0 unspecified atom stereocenters. The Hall–Kier alpha value is -0.730. The van der Waals surface area contributed by atoms with E-state index >= 15 is 0 Å². The molecule has 100 valence electrons. The Morgan fingerprint density at radius 1 is 1.37 bits per heavy atom. The molecule has 0 atom stereocenters. The van der Waals surface area contributed by atoms with Crippen molar-refractivity contribution < 1.29 is 4.74 Å². The van der Waals surface area contributed by atoms with Gasteiger partial charge in [0.1, 0.15) is 5.82 Å². The first-order chi connectivity index (χ1) is 9.02. The van der Waals surface area contributed by atoms with E-state index in [1.165, 1.54) is 0 Å². The minimum absolute atomic E-state index is 0.424. The van der Waals surface area contributed by atoms with Gasteiger partial charge in [-0.3, -0.25) is 0 Å². The number of nitrogen functional groups attached to an aromatic ring is 1. The van der Waals surface area contributed by atoms with Crippen molar-refractivity contribution in [3.8, 4) is 11.4 Å². The van der Waals surface area contributed by atoms with Crippen LogP contribution in [0, 0.1) is 10.5 Å². The lowest BCUT2D eigenvalue weighted by molar-refractivity contribution is 0.181. The van der Waals surface area contributed by atoms with Crippen LogP contribution in [0.15, 0.2) is 22.7 Å². The molecule has 0 radical (unpaired) electrons. The van der Waals surface area contributed by atoms with Gasteiger partial charge in [0.15, 0.2) is 5.82 Å². The fourth-order valence-electron chi connectivity index (χ4n) is 1.66. The SMILES string of the molecule is COCc1nc(-c2ccc(Br)c(C)c2)nc(N)c1I. The second-order valence-corrected chi connectivity index (χ2v) is 6.02. The normalized spacial score (nSPS) is 10.7. The summed E-state index contributed by atoms with van der Waals surface area (Å²) < 4.78 is 7.05. The van der Waals surface area contributed by atoms with E-state index in [0.717, 1.165) is 24.9 Å². The summed E-state index contributed by atoms with van der Waals surface area (Å²) >= 11 is 5.62.